The molecule has 0 amide bonds. The lowest BCUT2D eigenvalue weighted by Crippen LogP contribution is -2.47. The summed E-state index contributed by atoms with van der Waals surface area (Å²) in [6.07, 6.45) is 9.01. The average molecular weight is 278 g/mol. The minimum Gasteiger partial charge on any atom is -0.389 e. The predicted octanol–water partition coefficient (Wildman–Crippen LogP) is 3.66. The first kappa shape index (κ1) is 15.6. The molecule has 1 aliphatic carbocycles. The lowest BCUT2D eigenvalue weighted by atomic mass is 9.65. The van der Waals surface area contributed by atoms with Crippen molar-refractivity contribution in [3.63, 3.8) is 0 Å². The van der Waals surface area contributed by atoms with Crippen molar-refractivity contribution < 1.29 is 5.11 Å². The van der Waals surface area contributed by atoms with Crippen LogP contribution in [0.2, 0.25) is 0 Å². The van der Waals surface area contributed by atoms with Gasteiger partial charge in [0.1, 0.15) is 5.82 Å². The molecule has 0 aliphatic heterocycles. The van der Waals surface area contributed by atoms with Gasteiger partial charge in [0.05, 0.1) is 5.60 Å². The van der Waals surface area contributed by atoms with E-state index < -0.39 is 5.60 Å². The van der Waals surface area contributed by atoms with Crippen LogP contribution in [0.4, 0.5) is 0 Å². The molecule has 3 heteroatoms. The summed E-state index contributed by atoms with van der Waals surface area (Å²) < 4.78 is 2.20. The van der Waals surface area contributed by atoms with Gasteiger partial charge in [0.25, 0.3) is 0 Å². The molecule has 1 aromatic rings. The normalized spacial score (nSPS) is 30.9. The molecule has 3 unspecified atom stereocenters. The number of rotatable bonds is 5. The Balaban J connectivity index is 2.20. The Labute approximate surface area is 123 Å². The van der Waals surface area contributed by atoms with Crippen molar-refractivity contribution in [1.82, 2.24) is 9.55 Å². The van der Waals surface area contributed by atoms with Gasteiger partial charge < -0.3 is 9.67 Å². The number of aryl methyl sites for hydroxylation is 1. The third-order valence-electron chi connectivity index (χ3n) is 4.90. The van der Waals surface area contributed by atoms with Crippen LogP contribution in [0.1, 0.15) is 59.2 Å². The molecule has 1 heterocycles. The second-order valence-corrected chi connectivity index (χ2v) is 7.05. The summed E-state index contributed by atoms with van der Waals surface area (Å²) in [6, 6.07) is 0. The highest BCUT2D eigenvalue weighted by molar-refractivity contribution is 5.03. The molecule has 20 heavy (non-hydrogen) atoms. The summed E-state index contributed by atoms with van der Waals surface area (Å²) in [7, 11) is 0. The van der Waals surface area contributed by atoms with Gasteiger partial charge in [0.15, 0.2) is 0 Å². The molecule has 0 bridgehead atoms. The smallest absolute Gasteiger partial charge is 0.111 e. The summed E-state index contributed by atoms with van der Waals surface area (Å²) in [5.74, 6) is 2.59. The topological polar surface area (TPSA) is 38.0 Å². The lowest BCUT2D eigenvalue weighted by molar-refractivity contribution is -0.0811. The number of nitrogens with zero attached hydrogens (tertiary/aromatic N) is 2. The monoisotopic (exact) mass is 278 g/mol. The number of aliphatic hydroxyl groups is 1. The van der Waals surface area contributed by atoms with Gasteiger partial charge in [-0.3, -0.25) is 0 Å². The maximum absolute atomic E-state index is 11.3. The SMILES string of the molecule is CCCn1ccnc1CC1(O)CC(C)CCC1C(C)C. The molecule has 0 spiro atoms. The van der Waals surface area contributed by atoms with E-state index in [1.54, 1.807) is 0 Å². The molecule has 1 fully saturated rings. The third kappa shape index (κ3) is 3.25. The van der Waals surface area contributed by atoms with E-state index in [2.05, 4.69) is 37.2 Å². The fourth-order valence-corrected chi connectivity index (χ4v) is 3.97. The van der Waals surface area contributed by atoms with E-state index in [-0.39, 0.29) is 0 Å². The molecule has 0 aromatic carbocycles. The maximum Gasteiger partial charge on any atom is 0.111 e. The number of aromatic nitrogens is 2. The number of hydrogen-bond acceptors (Lipinski definition) is 2. The van der Waals surface area contributed by atoms with E-state index in [0.717, 1.165) is 31.6 Å². The van der Waals surface area contributed by atoms with Crippen LogP contribution in [0.25, 0.3) is 0 Å². The Kier molecular flexibility index (Phi) is 4.90. The van der Waals surface area contributed by atoms with Crippen molar-refractivity contribution in [2.45, 2.75) is 71.9 Å². The summed E-state index contributed by atoms with van der Waals surface area (Å²) in [6.45, 7) is 9.92. The molecule has 1 aliphatic rings. The molecule has 1 N–H and O–H groups in total. The van der Waals surface area contributed by atoms with Gasteiger partial charge in [-0.2, -0.15) is 0 Å². The highest BCUT2D eigenvalue weighted by Gasteiger charge is 2.43. The van der Waals surface area contributed by atoms with E-state index in [1.165, 1.54) is 6.42 Å². The first-order valence-corrected chi connectivity index (χ1v) is 8.18. The van der Waals surface area contributed by atoms with Gasteiger partial charge in [-0.25, -0.2) is 4.98 Å². The molecule has 2 rings (SSSR count). The van der Waals surface area contributed by atoms with Crippen LogP contribution in [-0.4, -0.2) is 20.3 Å². The number of hydrogen-bond donors (Lipinski definition) is 1. The molecular formula is C17H30N2O. The van der Waals surface area contributed by atoms with Crippen LogP contribution < -0.4 is 0 Å². The van der Waals surface area contributed by atoms with Crippen molar-refractivity contribution in [1.29, 1.82) is 0 Å². The zero-order valence-corrected chi connectivity index (χ0v) is 13.5. The minimum absolute atomic E-state index is 0.394. The second-order valence-electron chi connectivity index (χ2n) is 7.05. The molecule has 1 saturated carbocycles. The van der Waals surface area contributed by atoms with Gasteiger partial charge in [-0.1, -0.05) is 34.1 Å². The van der Waals surface area contributed by atoms with Crippen LogP contribution in [0.3, 0.4) is 0 Å². The van der Waals surface area contributed by atoms with E-state index >= 15 is 0 Å². The molecule has 3 atom stereocenters. The highest BCUT2D eigenvalue weighted by Crippen LogP contribution is 2.42. The molecule has 1 aromatic heterocycles. The third-order valence-corrected chi connectivity index (χ3v) is 4.90. The summed E-state index contributed by atoms with van der Waals surface area (Å²) in [5.41, 5.74) is -0.581. The maximum atomic E-state index is 11.3. The van der Waals surface area contributed by atoms with Crippen LogP contribution in [0.5, 0.6) is 0 Å². The van der Waals surface area contributed by atoms with Gasteiger partial charge in [-0.05, 0) is 37.0 Å². The van der Waals surface area contributed by atoms with Crippen molar-refractivity contribution in [2.75, 3.05) is 0 Å². The quantitative estimate of drug-likeness (QED) is 0.892. The van der Waals surface area contributed by atoms with Crippen molar-refractivity contribution in [2.24, 2.45) is 17.8 Å². The largest absolute Gasteiger partial charge is 0.389 e. The Morgan fingerprint density at radius 3 is 2.85 bits per heavy atom. The Hall–Kier alpha value is -0.830. The summed E-state index contributed by atoms with van der Waals surface area (Å²) in [4.78, 5) is 4.50. The van der Waals surface area contributed by atoms with Crippen LogP contribution in [0.15, 0.2) is 12.4 Å². The average Bonchev–Trinajstić information content (AvgIpc) is 2.75. The molecule has 114 valence electrons. The van der Waals surface area contributed by atoms with Crippen molar-refractivity contribution >= 4 is 0 Å². The van der Waals surface area contributed by atoms with E-state index in [1.807, 2.05) is 12.4 Å². The van der Waals surface area contributed by atoms with Crippen LogP contribution in [-0.2, 0) is 13.0 Å². The fraction of sp³-hybridized carbons (Fsp3) is 0.824. The van der Waals surface area contributed by atoms with Gasteiger partial charge in [-0.15, -0.1) is 0 Å². The Morgan fingerprint density at radius 2 is 2.20 bits per heavy atom. The lowest BCUT2D eigenvalue weighted by Gasteiger charge is -2.44. The standard InChI is InChI=1S/C17H30N2O/c1-5-9-19-10-8-18-16(19)12-17(20)11-14(4)6-7-15(17)13(2)3/h8,10,13-15,20H,5-7,9,11-12H2,1-4H3. The minimum atomic E-state index is -0.581. The summed E-state index contributed by atoms with van der Waals surface area (Å²) >= 11 is 0. The van der Waals surface area contributed by atoms with Gasteiger partial charge >= 0.3 is 0 Å². The molecular weight excluding hydrogens is 248 g/mol. The summed E-state index contributed by atoms with van der Waals surface area (Å²) in [5, 5.41) is 11.3. The fourth-order valence-electron chi connectivity index (χ4n) is 3.97. The van der Waals surface area contributed by atoms with Crippen molar-refractivity contribution in [3.05, 3.63) is 18.2 Å². The van der Waals surface area contributed by atoms with Gasteiger partial charge in [0.2, 0.25) is 0 Å². The van der Waals surface area contributed by atoms with Crippen LogP contribution >= 0.6 is 0 Å². The highest BCUT2D eigenvalue weighted by atomic mass is 16.3. The van der Waals surface area contributed by atoms with Gasteiger partial charge in [0, 0.05) is 25.4 Å². The number of imidazole rings is 1. The van der Waals surface area contributed by atoms with Crippen LogP contribution in [0, 0.1) is 17.8 Å². The molecule has 0 saturated heterocycles. The molecule has 3 nitrogen and oxygen atoms in total. The van der Waals surface area contributed by atoms with Crippen molar-refractivity contribution in [3.8, 4) is 0 Å². The Morgan fingerprint density at radius 1 is 1.45 bits per heavy atom. The first-order chi connectivity index (χ1) is 9.46. The van der Waals surface area contributed by atoms with E-state index in [4.69, 9.17) is 0 Å². The molecule has 0 radical (unpaired) electrons. The zero-order chi connectivity index (χ0) is 14.8. The second kappa shape index (κ2) is 6.30. The predicted molar refractivity (Wildman–Crippen MR) is 82.5 cm³/mol. The first-order valence-electron chi connectivity index (χ1n) is 8.18. The zero-order valence-electron chi connectivity index (χ0n) is 13.5. The van der Waals surface area contributed by atoms with E-state index in [9.17, 15) is 5.11 Å². The Bertz CT molecular complexity index is 426. The van der Waals surface area contributed by atoms with E-state index in [0.29, 0.717) is 24.2 Å².